The molecule has 2 N–H and O–H groups in total. The molecule has 3 heteroatoms. The third-order valence-corrected chi connectivity index (χ3v) is 4.25. The molecule has 0 saturated heterocycles. The second kappa shape index (κ2) is 7.20. The summed E-state index contributed by atoms with van der Waals surface area (Å²) in [6.45, 7) is 0. The van der Waals surface area contributed by atoms with Crippen molar-refractivity contribution in [3.8, 4) is 0 Å². The molecule has 0 aliphatic heterocycles. The summed E-state index contributed by atoms with van der Waals surface area (Å²) in [6.07, 6.45) is 0. The smallest absolute Gasteiger partial charge is 0.0602 e. The Labute approximate surface area is 143 Å². The van der Waals surface area contributed by atoms with Gasteiger partial charge in [-0.2, -0.15) is 0 Å². The average molecular weight is 318 g/mol. The predicted molar refractivity (Wildman–Crippen MR) is 100 cm³/mol. The molecular weight excluding hydrogens is 296 g/mol. The molecule has 1 unspecified atom stereocenters. The molecule has 0 fully saturated rings. The second-order valence-electron chi connectivity index (χ2n) is 6.06. The molecule has 0 aliphatic carbocycles. The first-order valence-corrected chi connectivity index (χ1v) is 8.01. The molecule has 1 atom stereocenters. The molecular formula is C21H22N2O. The Hall–Kier alpha value is -2.78. The van der Waals surface area contributed by atoms with Gasteiger partial charge in [-0.05, 0) is 41.0 Å². The van der Waals surface area contributed by atoms with Crippen LogP contribution in [0.3, 0.4) is 0 Å². The Kier molecular flexibility index (Phi) is 4.82. The van der Waals surface area contributed by atoms with Crippen LogP contribution in [0.25, 0.3) is 0 Å². The van der Waals surface area contributed by atoms with Crippen LogP contribution in [0.2, 0.25) is 0 Å². The maximum absolute atomic E-state index is 9.03. The lowest BCUT2D eigenvalue weighted by Gasteiger charge is -2.20. The molecule has 0 aliphatic rings. The van der Waals surface area contributed by atoms with E-state index in [0.29, 0.717) is 5.69 Å². The van der Waals surface area contributed by atoms with Crippen molar-refractivity contribution < 1.29 is 5.21 Å². The van der Waals surface area contributed by atoms with E-state index in [1.165, 1.54) is 22.4 Å². The molecule has 0 heterocycles. The maximum Gasteiger partial charge on any atom is 0.0602 e. The summed E-state index contributed by atoms with van der Waals surface area (Å²) in [5.74, 6) is 0.162. The number of hydrogen-bond donors (Lipinski definition) is 2. The maximum atomic E-state index is 9.03. The van der Waals surface area contributed by atoms with Gasteiger partial charge in [-0.25, -0.2) is 0 Å². The Morgan fingerprint density at radius 1 is 0.708 bits per heavy atom. The van der Waals surface area contributed by atoms with Crippen LogP contribution in [0, 0.1) is 0 Å². The van der Waals surface area contributed by atoms with Crippen LogP contribution in [0.1, 0.15) is 22.6 Å². The molecule has 3 nitrogen and oxygen atoms in total. The van der Waals surface area contributed by atoms with Crippen LogP contribution in [0.5, 0.6) is 0 Å². The van der Waals surface area contributed by atoms with Gasteiger partial charge in [-0.1, -0.05) is 54.6 Å². The van der Waals surface area contributed by atoms with E-state index in [2.05, 4.69) is 71.0 Å². The second-order valence-corrected chi connectivity index (χ2v) is 6.06. The molecule has 0 aromatic heterocycles. The molecule has 3 aromatic carbocycles. The number of anilines is 2. The highest BCUT2D eigenvalue weighted by molar-refractivity contribution is 5.52. The lowest BCUT2D eigenvalue weighted by molar-refractivity contribution is 0.389. The van der Waals surface area contributed by atoms with Crippen molar-refractivity contribution >= 4 is 11.4 Å². The number of hydrogen-bond acceptors (Lipinski definition) is 3. The molecule has 0 saturated carbocycles. The first-order valence-electron chi connectivity index (χ1n) is 8.01. The number of nitrogens with zero attached hydrogens (tertiary/aromatic N) is 1. The van der Waals surface area contributed by atoms with E-state index in [1.807, 2.05) is 32.3 Å². The van der Waals surface area contributed by atoms with Crippen molar-refractivity contribution in [2.75, 3.05) is 24.5 Å². The van der Waals surface area contributed by atoms with E-state index in [0.717, 1.165) is 0 Å². The van der Waals surface area contributed by atoms with Gasteiger partial charge in [0.25, 0.3) is 0 Å². The van der Waals surface area contributed by atoms with E-state index in [9.17, 15) is 0 Å². The Morgan fingerprint density at radius 3 is 1.71 bits per heavy atom. The highest BCUT2D eigenvalue weighted by Crippen LogP contribution is 2.33. The summed E-state index contributed by atoms with van der Waals surface area (Å²) in [5, 5.41) is 9.03. The summed E-state index contributed by atoms with van der Waals surface area (Å²) >= 11 is 0. The third kappa shape index (κ3) is 3.42. The molecule has 3 rings (SSSR count). The van der Waals surface area contributed by atoms with E-state index < -0.39 is 0 Å². The normalized spacial score (nSPS) is 11.8. The summed E-state index contributed by atoms with van der Waals surface area (Å²) in [5.41, 5.74) is 7.75. The number of benzene rings is 3. The largest absolute Gasteiger partial charge is 0.378 e. The van der Waals surface area contributed by atoms with Crippen molar-refractivity contribution in [2.45, 2.75) is 5.92 Å². The first-order chi connectivity index (χ1) is 11.7. The van der Waals surface area contributed by atoms with Gasteiger partial charge in [0, 0.05) is 25.7 Å². The molecule has 0 spiro atoms. The van der Waals surface area contributed by atoms with Gasteiger partial charge in [-0.15, -0.1) is 0 Å². The summed E-state index contributed by atoms with van der Waals surface area (Å²) in [7, 11) is 4.09. The fourth-order valence-electron chi connectivity index (χ4n) is 2.94. The lowest BCUT2D eigenvalue weighted by atomic mass is 9.85. The molecule has 24 heavy (non-hydrogen) atoms. The molecule has 0 amide bonds. The SMILES string of the molecule is CN(C)c1ccc(C(c2ccccc2)c2ccc(NO)cc2)cc1. The summed E-state index contributed by atoms with van der Waals surface area (Å²) in [4.78, 5) is 2.10. The van der Waals surface area contributed by atoms with Gasteiger partial charge in [0.2, 0.25) is 0 Å². The molecule has 3 aromatic rings. The zero-order valence-electron chi connectivity index (χ0n) is 14.0. The zero-order chi connectivity index (χ0) is 16.9. The number of nitrogens with one attached hydrogen (secondary N) is 1. The Balaban J connectivity index is 2.04. The summed E-state index contributed by atoms with van der Waals surface area (Å²) in [6, 6.07) is 27.0. The van der Waals surface area contributed by atoms with Gasteiger partial charge in [0.1, 0.15) is 0 Å². The third-order valence-electron chi connectivity index (χ3n) is 4.25. The Morgan fingerprint density at radius 2 is 1.21 bits per heavy atom. The average Bonchev–Trinajstić information content (AvgIpc) is 2.64. The van der Waals surface area contributed by atoms with Crippen molar-refractivity contribution in [3.05, 3.63) is 95.6 Å². The van der Waals surface area contributed by atoms with Crippen LogP contribution in [-0.2, 0) is 0 Å². The van der Waals surface area contributed by atoms with Gasteiger partial charge in [0.05, 0.1) is 5.69 Å². The van der Waals surface area contributed by atoms with Crippen LogP contribution in [0.4, 0.5) is 11.4 Å². The monoisotopic (exact) mass is 318 g/mol. The van der Waals surface area contributed by atoms with Gasteiger partial charge < -0.3 is 4.90 Å². The standard InChI is InChI=1S/C21H22N2O/c1-23(2)20-14-10-18(11-15-20)21(16-6-4-3-5-7-16)17-8-12-19(22-24)13-9-17/h3-15,21-22,24H,1-2H3. The van der Waals surface area contributed by atoms with Crippen molar-refractivity contribution in [1.29, 1.82) is 0 Å². The number of rotatable bonds is 5. The van der Waals surface area contributed by atoms with Crippen LogP contribution < -0.4 is 10.4 Å². The Bertz CT molecular complexity index is 765. The lowest BCUT2D eigenvalue weighted by Crippen LogP contribution is -2.09. The van der Waals surface area contributed by atoms with Crippen molar-refractivity contribution in [2.24, 2.45) is 0 Å². The van der Waals surface area contributed by atoms with E-state index in [4.69, 9.17) is 5.21 Å². The topological polar surface area (TPSA) is 35.5 Å². The molecule has 0 bridgehead atoms. The van der Waals surface area contributed by atoms with Gasteiger partial charge in [-0.3, -0.25) is 10.7 Å². The van der Waals surface area contributed by atoms with E-state index >= 15 is 0 Å². The van der Waals surface area contributed by atoms with E-state index in [1.54, 1.807) is 0 Å². The highest BCUT2D eigenvalue weighted by atomic mass is 16.5. The zero-order valence-corrected chi connectivity index (χ0v) is 14.0. The van der Waals surface area contributed by atoms with Gasteiger partial charge in [0.15, 0.2) is 0 Å². The molecule has 0 radical (unpaired) electrons. The minimum Gasteiger partial charge on any atom is -0.378 e. The minimum atomic E-state index is 0.162. The van der Waals surface area contributed by atoms with Crippen LogP contribution in [0.15, 0.2) is 78.9 Å². The minimum absolute atomic E-state index is 0.162. The first kappa shape index (κ1) is 16.1. The fourth-order valence-corrected chi connectivity index (χ4v) is 2.94. The van der Waals surface area contributed by atoms with Gasteiger partial charge >= 0.3 is 0 Å². The van der Waals surface area contributed by atoms with Crippen molar-refractivity contribution in [1.82, 2.24) is 0 Å². The quantitative estimate of drug-likeness (QED) is 0.527. The van der Waals surface area contributed by atoms with E-state index in [-0.39, 0.29) is 5.92 Å². The summed E-state index contributed by atoms with van der Waals surface area (Å²) < 4.78 is 0. The van der Waals surface area contributed by atoms with Crippen molar-refractivity contribution in [3.63, 3.8) is 0 Å². The highest BCUT2D eigenvalue weighted by Gasteiger charge is 2.16. The fraction of sp³-hybridized carbons (Fsp3) is 0.143. The molecule has 122 valence electrons. The predicted octanol–water partition coefficient (Wildman–Crippen LogP) is 4.73. The van der Waals surface area contributed by atoms with Crippen LogP contribution >= 0.6 is 0 Å². The van der Waals surface area contributed by atoms with Crippen LogP contribution in [-0.4, -0.2) is 19.3 Å².